The molecule has 0 bridgehead atoms. The van der Waals surface area contributed by atoms with Gasteiger partial charge in [-0.3, -0.25) is 24.6 Å². The number of thiazole rings is 1. The summed E-state index contributed by atoms with van der Waals surface area (Å²) in [5, 5.41) is 15.8. The van der Waals surface area contributed by atoms with Gasteiger partial charge in [0.2, 0.25) is 5.88 Å². The molecule has 0 saturated carbocycles. The predicted octanol–water partition coefficient (Wildman–Crippen LogP) is 4.32. The number of nitrogens with zero attached hydrogens (tertiary/aromatic N) is 2. The SMILES string of the molecule is CCCCC/C=C(\C(=O)NC1C(=O)N2C(OC(=O)O)=C(COC(C)=O)CS[C@@H]12)c1csc(NC(=O)OC(C)(C)C)n1. The first kappa shape index (κ1) is 31.9. The van der Waals surface area contributed by atoms with Crippen LogP contribution < -0.4 is 10.6 Å². The van der Waals surface area contributed by atoms with Crippen LogP contribution in [-0.2, 0) is 28.6 Å². The fourth-order valence-corrected chi connectivity index (χ4v) is 5.92. The monoisotopic (exact) mass is 610 g/mol. The Kier molecular flexibility index (Phi) is 10.8. The lowest BCUT2D eigenvalue weighted by atomic mass is 10.0. The van der Waals surface area contributed by atoms with E-state index in [0.29, 0.717) is 17.7 Å². The molecule has 41 heavy (non-hydrogen) atoms. The molecule has 3 heterocycles. The summed E-state index contributed by atoms with van der Waals surface area (Å²) in [5.74, 6) is -1.66. The number of aromatic nitrogens is 1. The maximum atomic E-state index is 13.4. The Morgan fingerprint density at radius 3 is 2.61 bits per heavy atom. The zero-order valence-electron chi connectivity index (χ0n) is 23.5. The van der Waals surface area contributed by atoms with Crippen molar-refractivity contribution >= 4 is 63.8 Å². The van der Waals surface area contributed by atoms with Crippen molar-refractivity contribution in [3.8, 4) is 0 Å². The van der Waals surface area contributed by atoms with Gasteiger partial charge in [0, 0.05) is 23.6 Å². The van der Waals surface area contributed by atoms with E-state index in [-0.39, 0.29) is 28.9 Å². The minimum absolute atomic E-state index is 0.217. The first-order valence-electron chi connectivity index (χ1n) is 13.0. The molecule has 1 saturated heterocycles. The van der Waals surface area contributed by atoms with Crippen molar-refractivity contribution in [3.05, 3.63) is 28.6 Å². The molecule has 3 N–H and O–H groups in total. The van der Waals surface area contributed by atoms with Crippen molar-refractivity contribution in [1.29, 1.82) is 0 Å². The Morgan fingerprint density at radius 1 is 1.24 bits per heavy atom. The van der Waals surface area contributed by atoms with Crippen LogP contribution >= 0.6 is 23.1 Å². The number of β-lactam (4-membered cyclic amide) rings is 1. The number of nitrogens with one attached hydrogen (secondary N) is 2. The lowest BCUT2D eigenvalue weighted by Gasteiger charge is -2.49. The Morgan fingerprint density at radius 2 is 1.98 bits per heavy atom. The van der Waals surface area contributed by atoms with E-state index in [4.69, 9.17) is 14.2 Å². The van der Waals surface area contributed by atoms with Gasteiger partial charge in [0.1, 0.15) is 23.6 Å². The Labute approximate surface area is 245 Å². The van der Waals surface area contributed by atoms with Gasteiger partial charge in [-0.05, 0) is 33.6 Å². The highest BCUT2D eigenvalue weighted by Gasteiger charge is 2.54. The van der Waals surface area contributed by atoms with E-state index in [2.05, 4.69) is 22.5 Å². The number of unbranched alkanes of at least 4 members (excludes halogenated alkanes) is 3. The van der Waals surface area contributed by atoms with Gasteiger partial charge in [-0.15, -0.1) is 23.1 Å². The van der Waals surface area contributed by atoms with Crippen molar-refractivity contribution in [2.75, 3.05) is 17.7 Å². The second-order valence-electron chi connectivity index (χ2n) is 10.2. The van der Waals surface area contributed by atoms with Gasteiger partial charge >= 0.3 is 18.2 Å². The highest BCUT2D eigenvalue weighted by atomic mass is 32.2. The fraction of sp³-hybridized carbons (Fsp3) is 0.538. The van der Waals surface area contributed by atoms with Gasteiger partial charge in [-0.25, -0.2) is 14.6 Å². The van der Waals surface area contributed by atoms with E-state index >= 15 is 0 Å². The molecular formula is C26H34N4O9S2. The zero-order valence-corrected chi connectivity index (χ0v) is 25.1. The number of ether oxygens (including phenoxy) is 3. The first-order chi connectivity index (χ1) is 19.3. The molecule has 1 aromatic heterocycles. The Balaban J connectivity index is 1.77. The molecular weight excluding hydrogens is 576 g/mol. The number of esters is 1. The average Bonchev–Trinajstić information content (AvgIpc) is 3.32. The summed E-state index contributed by atoms with van der Waals surface area (Å²) in [6.07, 6.45) is 2.87. The largest absolute Gasteiger partial charge is 0.512 e. The molecule has 1 fully saturated rings. The highest BCUT2D eigenvalue weighted by Crippen LogP contribution is 2.41. The lowest BCUT2D eigenvalue weighted by Crippen LogP contribution is -2.70. The number of carbonyl (C=O) groups is 5. The number of carbonyl (C=O) groups excluding carboxylic acids is 4. The van der Waals surface area contributed by atoms with Crippen LogP contribution in [0, 0.1) is 0 Å². The number of rotatable bonds is 11. The van der Waals surface area contributed by atoms with Crippen LogP contribution in [0.2, 0.25) is 0 Å². The summed E-state index contributed by atoms with van der Waals surface area (Å²) >= 11 is 2.40. The van der Waals surface area contributed by atoms with Gasteiger partial charge < -0.3 is 24.6 Å². The van der Waals surface area contributed by atoms with Crippen LogP contribution in [0.15, 0.2) is 22.9 Å². The molecule has 2 atom stereocenters. The first-order valence-corrected chi connectivity index (χ1v) is 14.9. The molecule has 224 valence electrons. The molecule has 13 nitrogen and oxygen atoms in total. The third-order valence-electron chi connectivity index (χ3n) is 5.70. The number of anilines is 1. The molecule has 0 aromatic carbocycles. The van der Waals surface area contributed by atoms with E-state index in [0.717, 1.165) is 35.5 Å². The molecule has 0 spiro atoms. The molecule has 1 aromatic rings. The average molecular weight is 611 g/mol. The van der Waals surface area contributed by atoms with E-state index in [1.54, 1.807) is 32.2 Å². The van der Waals surface area contributed by atoms with Gasteiger partial charge in [-0.2, -0.15) is 0 Å². The van der Waals surface area contributed by atoms with Crippen molar-refractivity contribution < 1.29 is 43.3 Å². The van der Waals surface area contributed by atoms with Crippen molar-refractivity contribution in [2.24, 2.45) is 0 Å². The van der Waals surface area contributed by atoms with E-state index in [9.17, 15) is 29.1 Å². The van der Waals surface area contributed by atoms with Gasteiger partial charge in [0.15, 0.2) is 5.13 Å². The zero-order chi connectivity index (χ0) is 30.3. The van der Waals surface area contributed by atoms with Gasteiger partial charge in [0.25, 0.3) is 11.8 Å². The van der Waals surface area contributed by atoms with Gasteiger partial charge in [-0.1, -0.05) is 25.8 Å². The second kappa shape index (κ2) is 13.9. The summed E-state index contributed by atoms with van der Waals surface area (Å²) in [5.41, 5.74) is 0.203. The molecule has 2 aliphatic heterocycles. The van der Waals surface area contributed by atoms with Crippen molar-refractivity contribution in [3.63, 3.8) is 0 Å². The molecule has 0 radical (unpaired) electrons. The van der Waals surface area contributed by atoms with E-state index in [1.165, 1.54) is 18.7 Å². The molecule has 15 heteroatoms. The smallest absolute Gasteiger partial charge is 0.461 e. The minimum atomic E-state index is -1.62. The summed E-state index contributed by atoms with van der Waals surface area (Å²) in [7, 11) is 0. The molecule has 2 aliphatic rings. The normalized spacial score (nSPS) is 18.7. The van der Waals surface area contributed by atoms with E-state index < -0.39 is 47.0 Å². The molecule has 1 unspecified atom stereocenters. The summed E-state index contributed by atoms with van der Waals surface area (Å²) in [6, 6.07) is -0.952. The number of thioether (sulfide) groups is 1. The van der Waals surface area contributed by atoms with Crippen LogP contribution in [0.4, 0.5) is 14.7 Å². The number of hydrogen-bond acceptors (Lipinski definition) is 11. The summed E-state index contributed by atoms with van der Waals surface area (Å²) < 4.78 is 15.1. The second-order valence-corrected chi connectivity index (χ2v) is 12.2. The topological polar surface area (TPSA) is 173 Å². The maximum absolute atomic E-state index is 13.4. The minimum Gasteiger partial charge on any atom is -0.461 e. The number of allylic oxidation sites excluding steroid dienone is 1. The highest BCUT2D eigenvalue weighted by molar-refractivity contribution is 8.00. The van der Waals surface area contributed by atoms with Crippen LogP contribution in [-0.4, -0.2) is 74.4 Å². The fourth-order valence-electron chi connectivity index (χ4n) is 3.92. The van der Waals surface area contributed by atoms with Crippen molar-refractivity contribution in [1.82, 2.24) is 15.2 Å². The van der Waals surface area contributed by atoms with E-state index in [1.807, 2.05) is 0 Å². The van der Waals surface area contributed by atoms with Crippen LogP contribution in [0.5, 0.6) is 0 Å². The molecule has 3 rings (SSSR count). The standard InChI is InChI=1S/C26H34N4O9S2/c1-6-7-8-9-10-16(17-13-41-23(27-17)29-24(34)39-26(3,4)5)19(32)28-18-20(33)30-21(38-25(35)36)15(11-37-14(2)31)12-40-22(18)30/h10,13,18,22H,6-9,11-12H2,1-5H3,(H,28,32)(H,35,36)(H,27,29,34)/b16-10-/t18?,22-/m0/s1. The predicted molar refractivity (Wildman–Crippen MR) is 152 cm³/mol. The van der Waals surface area contributed by atoms with Gasteiger partial charge in [0.05, 0.1) is 11.3 Å². The Hall–Kier alpha value is -3.59. The third kappa shape index (κ3) is 8.70. The number of carboxylic acid groups (broad SMARTS) is 1. The van der Waals surface area contributed by atoms with Crippen molar-refractivity contribution in [2.45, 2.75) is 77.3 Å². The number of amides is 3. The molecule has 3 amide bonds. The van der Waals surface area contributed by atoms with Crippen LogP contribution in [0.1, 0.15) is 66.0 Å². The quantitative estimate of drug-likeness (QED) is 0.107. The summed E-state index contributed by atoms with van der Waals surface area (Å²) in [4.78, 5) is 66.8. The van der Waals surface area contributed by atoms with Crippen LogP contribution in [0.3, 0.4) is 0 Å². The Bertz CT molecular complexity index is 1250. The lowest BCUT2D eigenvalue weighted by molar-refractivity contribution is -0.148. The molecule has 0 aliphatic carbocycles. The summed E-state index contributed by atoms with van der Waals surface area (Å²) in [6.45, 7) is 8.26. The maximum Gasteiger partial charge on any atom is 0.512 e. The third-order valence-corrected chi connectivity index (χ3v) is 7.80. The van der Waals surface area contributed by atoms with Crippen LogP contribution in [0.25, 0.3) is 5.57 Å². The number of fused-ring (bicyclic) bond motifs is 1. The number of hydrogen-bond donors (Lipinski definition) is 3.